The first-order valence-electron chi connectivity index (χ1n) is 7.32. The van der Waals surface area contributed by atoms with E-state index in [1.165, 1.54) is 12.8 Å². The zero-order chi connectivity index (χ0) is 13.8. The van der Waals surface area contributed by atoms with Crippen molar-refractivity contribution < 1.29 is 9.53 Å². The molecule has 0 radical (unpaired) electrons. The van der Waals surface area contributed by atoms with Gasteiger partial charge in [-0.25, -0.2) is 4.98 Å². The average molecular weight is 292 g/mol. The molecule has 2 aliphatic rings. The van der Waals surface area contributed by atoms with Crippen molar-refractivity contribution in [3.8, 4) is 5.88 Å². The number of nitrogens with zero attached hydrogens (tertiary/aromatic N) is 1. The van der Waals surface area contributed by atoms with Crippen LogP contribution >= 0.6 is 11.8 Å². The molecule has 1 saturated heterocycles. The fourth-order valence-electron chi connectivity index (χ4n) is 2.73. The lowest BCUT2D eigenvalue weighted by molar-refractivity contribution is 0.0937. The Hall–Kier alpha value is -1.23. The van der Waals surface area contributed by atoms with Crippen molar-refractivity contribution in [3.05, 3.63) is 23.9 Å². The molecule has 3 rings (SSSR count). The van der Waals surface area contributed by atoms with E-state index in [1.54, 1.807) is 18.3 Å². The van der Waals surface area contributed by atoms with Gasteiger partial charge in [0.15, 0.2) is 0 Å². The largest absolute Gasteiger partial charge is 0.473 e. The van der Waals surface area contributed by atoms with Crippen LogP contribution in [0.4, 0.5) is 0 Å². The van der Waals surface area contributed by atoms with Crippen LogP contribution in [0.25, 0.3) is 0 Å². The molecule has 1 atom stereocenters. The van der Waals surface area contributed by atoms with E-state index in [1.807, 2.05) is 11.8 Å². The Labute approximate surface area is 123 Å². The predicted octanol–water partition coefficient (Wildman–Crippen LogP) is 2.64. The maximum atomic E-state index is 12.2. The Kier molecular flexibility index (Phi) is 4.45. The molecule has 1 aromatic heterocycles. The third-order valence-corrected chi connectivity index (χ3v) is 4.99. The van der Waals surface area contributed by atoms with Crippen molar-refractivity contribution in [1.82, 2.24) is 10.3 Å². The number of ether oxygens (including phenoxy) is 1. The molecule has 1 aliphatic carbocycles. The van der Waals surface area contributed by atoms with Crippen molar-refractivity contribution >= 4 is 17.7 Å². The molecular weight excluding hydrogens is 272 g/mol. The summed E-state index contributed by atoms with van der Waals surface area (Å²) in [6.07, 6.45) is 7.58. The summed E-state index contributed by atoms with van der Waals surface area (Å²) in [6.45, 7) is 0. The fraction of sp³-hybridized carbons (Fsp3) is 0.600. The van der Waals surface area contributed by atoms with Crippen molar-refractivity contribution in [2.45, 2.75) is 44.2 Å². The molecule has 2 heterocycles. The average Bonchev–Trinajstić information content (AvgIpc) is 3.12. The maximum absolute atomic E-state index is 12.2. The number of nitrogens with one attached hydrogen (secondary N) is 1. The van der Waals surface area contributed by atoms with E-state index in [4.69, 9.17) is 4.74 Å². The van der Waals surface area contributed by atoms with E-state index in [0.29, 0.717) is 17.5 Å². The minimum Gasteiger partial charge on any atom is -0.473 e. The van der Waals surface area contributed by atoms with E-state index in [2.05, 4.69) is 10.3 Å². The molecule has 2 fully saturated rings. The zero-order valence-corrected chi connectivity index (χ0v) is 12.3. The van der Waals surface area contributed by atoms with E-state index in [-0.39, 0.29) is 12.0 Å². The third kappa shape index (κ3) is 3.45. The fourth-order valence-corrected chi connectivity index (χ4v) is 3.82. The van der Waals surface area contributed by atoms with Gasteiger partial charge in [0, 0.05) is 29.6 Å². The summed E-state index contributed by atoms with van der Waals surface area (Å²) in [6, 6.07) is 3.85. The molecule has 1 aliphatic heterocycles. The number of carbonyl (C=O) groups excluding carboxylic acids is 1. The lowest BCUT2D eigenvalue weighted by Crippen LogP contribution is -2.32. The van der Waals surface area contributed by atoms with E-state index < -0.39 is 0 Å². The molecule has 1 unspecified atom stereocenters. The molecule has 1 saturated carbocycles. The van der Waals surface area contributed by atoms with Crippen LogP contribution in [0.1, 0.15) is 42.5 Å². The molecule has 0 spiro atoms. The topological polar surface area (TPSA) is 51.2 Å². The quantitative estimate of drug-likeness (QED) is 0.927. The second-order valence-electron chi connectivity index (χ2n) is 5.44. The van der Waals surface area contributed by atoms with Crippen molar-refractivity contribution in [2.75, 3.05) is 11.5 Å². The van der Waals surface area contributed by atoms with Crippen LogP contribution in [0.2, 0.25) is 0 Å². The summed E-state index contributed by atoms with van der Waals surface area (Å²) < 4.78 is 5.82. The van der Waals surface area contributed by atoms with Gasteiger partial charge in [0.05, 0.1) is 0 Å². The van der Waals surface area contributed by atoms with Crippen molar-refractivity contribution in [1.29, 1.82) is 0 Å². The smallest absolute Gasteiger partial charge is 0.251 e. The number of rotatable bonds is 4. The molecule has 1 amide bonds. The maximum Gasteiger partial charge on any atom is 0.251 e. The summed E-state index contributed by atoms with van der Waals surface area (Å²) >= 11 is 1.90. The Morgan fingerprint density at radius 1 is 1.35 bits per heavy atom. The van der Waals surface area contributed by atoms with Crippen LogP contribution < -0.4 is 10.1 Å². The molecule has 108 valence electrons. The van der Waals surface area contributed by atoms with Crippen molar-refractivity contribution in [2.24, 2.45) is 0 Å². The van der Waals surface area contributed by atoms with Gasteiger partial charge in [-0.15, -0.1) is 0 Å². The Morgan fingerprint density at radius 3 is 2.95 bits per heavy atom. The highest BCUT2D eigenvalue weighted by atomic mass is 32.2. The number of carbonyl (C=O) groups is 1. The molecular formula is C15H20N2O2S. The Bertz CT molecular complexity index is 469. The minimum atomic E-state index is -0.00931. The predicted molar refractivity (Wildman–Crippen MR) is 80.3 cm³/mol. The van der Waals surface area contributed by atoms with Crippen LogP contribution in [0.5, 0.6) is 5.88 Å². The third-order valence-electron chi connectivity index (χ3n) is 3.86. The summed E-state index contributed by atoms with van der Waals surface area (Å²) in [4.78, 5) is 16.4. The van der Waals surface area contributed by atoms with Gasteiger partial charge < -0.3 is 10.1 Å². The first-order valence-corrected chi connectivity index (χ1v) is 8.48. The molecule has 1 aromatic rings. The monoisotopic (exact) mass is 292 g/mol. The summed E-state index contributed by atoms with van der Waals surface area (Å²) in [5.41, 5.74) is 0.646. The van der Waals surface area contributed by atoms with E-state index >= 15 is 0 Å². The molecule has 0 bridgehead atoms. The first-order chi connectivity index (χ1) is 9.81. The van der Waals surface area contributed by atoms with Gasteiger partial charge in [-0.05, 0) is 31.1 Å². The lowest BCUT2D eigenvalue weighted by atomic mass is 10.2. The van der Waals surface area contributed by atoms with Gasteiger partial charge >= 0.3 is 0 Å². The zero-order valence-electron chi connectivity index (χ0n) is 11.5. The van der Waals surface area contributed by atoms with Gasteiger partial charge in [-0.2, -0.15) is 11.8 Å². The normalized spacial score (nSPS) is 22.9. The van der Waals surface area contributed by atoms with Gasteiger partial charge in [0.25, 0.3) is 5.91 Å². The molecule has 4 nitrogen and oxygen atoms in total. The van der Waals surface area contributed by atoms with Gasteiger partial charge in [-0.1, -0.05) is 12.8 Å². The number of amides is 1. The molecule has 0 aromatic carbocycles. The summed E-state index contributed by atoms with van der Waals surface area (Å²) in [5, 5.41) is 3.09. The number of hydrogen-bond donors (Lipinski definition) is 1. The summed E-state index contributed by atoms with van der Waals surface area (Å²) in [5.74, 6) is 2.72. The Morgan fingerprint density at radius 2 is 2.20 bits per heavy atom. The van der Waals surface area contributed by atoms with Crippen LogP contribution in [0.3, 0.4) is 0 Å². The van der Waals surface area contributed by atoms with Gasteiger partial charge in [0.2, 0.25) is 5.88 Å². The second kappa shape index (κ2) is 6.48. The SMILES string of the molecule is O=C(NC1CCCC1)c1ccnc(OC2CCSC2)c1. The van der Waals surface area contributed by atoms with Gasteiger partial charge in [0.1, 0.15) is 6.10 Å². The van der Waals surface area contributed by atoms with Gasteiger partial charge in [-0.3, -0.25) is 4.79 Å². The molecule has 5 heteroatoms. The summed E-state index contributed by atoms with van der Waals surface area (Å²) in [7, 11) is 0. The number of thioether (sulfide) groups is 1. The standard InChI is InChI=1S/C15H20N2O2S/c18-15(17-12-3-1-2-4-12)11-5-7-16-14(9-11)19-13-6-8-20-10-13/h5,7,9,12-13H,1-4,6,8,10H2,(H,17,18). The number of aromatic nitrogens is 1. The van der Waals surface area contributed by atoms with Crippen molar-refractivity contribution in [3.63, 3.8) is 0 Å². The highest BCUT2D eigenvalue weighted by Gasteiger charge is 2.20. The number of pyridine rings is 1. The highest BCUT2D eigenvalue weighted by molar-refractivity contribution is 7.99. The van der Waals surface area contributed by atoms with Crippen LogP contribution in [-0.2, 0) is 0 Å². The minimum absolute atomic E-state index is 0.00931. The van der Waals surface area contributed by atoms with Crippen LogP contribution in [0, 0.1) is 0 Å². The van der Waals surface area contributed by atoms with E-state index in [9.17, 15) is 4.79 Å². The van der Waals surface area contributed by atoms with Crippen LogP contribution in [-0.4, -0.2) is 34.5 Å². The number of hydrogen-bond acceptors (Lipinski definition) is 4. The lowest BCUT2D eigenvalue weighted by Gasteiger charge is -2.14. The Balaban J connectivity index is 1.61. The molecule has 1 N–H and O–H groups in total. The second-order valence-corrected chi connectivity index (χ2v) is 6.59. The highest BCUT2D eigenvalue weighted by Crippen LogP contribution is 2.23. The first kappa shape index (κ1) is 13.7. The van der Waals surface area contributed by atoms with Crippen LogP contribution in [0.15, 0.2) is 18.3 Å². The van der Waals surface area contributed by atoms with E-state index in [0.717, 1.165) is 30.8 Å². The molecule has 20 heavy (non-hydrogen) atoms.